The van der Waals surface area contributed by atoms with Crippen LogP contribution in [0.25, 0.3) is 17.1 Å². The summed E-state index contributed by atoms with van der Waals surface area (Å²) in [4.78, 5) is 23.7. The van der Waals surface area contributed by atoms with Crippen LogP contribution in [0, 0.1) is 6.92 Å². The predicted molar refractivity (Wildman–Crippen MR) is 141 cm³/mol. The zero-order valence-electron chi connectivity index (χ0n) is 20.4. The second-order valence-corrected chi connectivity index (χ2v) is 10.9. The van der Waals surface area contributed by atoms with Gasteiger partial charge in [0.2, 0.25) is 0 Å². The Morgan fingerprint density at radius 1 is 1.05 bits per heavy atom. The predicted octanol–water partition coefficient (Wildman–Crippen LogP) is 4.37. The number of aromatic nitrogens is 5. The number of hydrogen-bond donors (Lipinski definition) is 0. The number of thioether (sulfide) groups is 1. The van der Waals surface area contributed by atoms with Crippen molar-refractivity contribution in [2.24, 2.45) is 0 Å². The highest BCUT2D eigenvalue weighted by molar-refractivity contribution is 7.98. The normalized spacial score (nSPS) is 16.9. The largest absolute Gasteiger partial charge is 0.347 e. The Kier molecular flexibility index (Phi) is 6.76. The average molecular weight is 535 g/mol. The highest BCUT2D eigenvalue weighted by Gasteiger charge is 2.41. The Balaban J connectivity index is 1.17. The number of carbonyl (C=O) groups excluding carboxylic acids is 1. The fourth-order valence-electron chi connectivity index (χ4n) is 4.58. The lowest BCUT2D eigenvalue weighted by Crippen LogP contribution is -2.47. The standard InChI is InChI=1S/C26H26N6O3S2/c1-18-2-4-20(5-3-18)32-23(19-6-10-27-11-7-19)29-30-25(32)37-17-22-28-21(16-36-22)24(33)31-12-8-26(9-13-31)34-14-15-35-26/h2-7,10-11,16H,8-9,12-15,17H2,1H3. The third-order valence-corrected chi connectivity index (χ3v) is 8.56. The Morgan fingerprint density at radius 2 is 1.78 bits per heavy atom. The topological polar surface area (TPSA) is 95.3 Å². The molecule has 37 heavy (non-hydrogen) atoms. The molecule has 0 atom stereocenters. The minimum Gasteiger partial charge on any atom is -0.347 e. The van der Waals surface area contributed by atoms with Crippen molar-refractivity contribution in [3.05, 3.63) is 70.4 Å². The average Bonchev–Trinajstić information content (AvgIpc) is 3.69. The van der Waals surface area contributed by atoms with E-state index in [9.17, 15) is 4.79 Å². The summed E-state index contributed by atoms with van der Waals surface area (Å²) in [6.07, 6.45) is 4.89. The van der Waals surface area contributed by atoms with E-state index in [4.69, 9.17) is 9.47 Å². The van der Waals surface area contributed by atoms with E-state index < -0.39 is 5.79 Å². The smallest absolute Gasteiger partial charge is 0.273 e. The van der Waals surface area contributed by atoms with E-state index in [1.54, 1.807) is 24.2 Å². The van der Waals surface area contributed by atoms with Crippen molar-refractivity contribution in [1.82, 2.24) is 29.6 Å². The van der Waals surface area contributed by atoms with Crippen molar-refractivity contribution in [3.63, 3.8) is 0 Å². The van der Waals surface area contributed by atoms with Crippen molar-refractivity contribution in [2.75, 3.05) is 26.3 Å². The van der Waals surface area contributed by atoms with E-state index in [0.29, 0.717) is 50.6 Å². The minimum absolute atomic E-state index is 0.0388. The van der Waals surface area contributed by atoms with Crippen LogP contribution in [0.1, 0.15) is 33.9 Å². The number of nitrogens with zero attached hydrogens (tertiary/aromatic N) is 6. The second kappa shape index (κ2) is 10.3. The van der Waals surface area contributed by atoms with Crippen LogP contribution in [-0.4, -0.2) is 67.6 Å². The van der Waals surface area contributed by atoms with E-state index >= 15 is 0 Å². The lowest BCUT2D eigenvalue weighted by molar-refractivity contribution is -0.181. The van der Waals surface area contributed by atoms with Gasteiger partial charge in [-0.2, -0.15) is 0 Å². The van der Waals surface area contributed by atoms with E-state index in [0.717, 1.165) is 27.2 Å². The molecule has 1 spiro atoms. The van der Waals surface area contributed by atoms with Gasteiger partial charge < -0.3 is 14.4 Å². The van der Waals surface area contributed by atoms with Gasteiger partial charge in [0.1, 0.15) is 10.7 Å². The molecule has 1 amide bonds. The first-order chi connectivity index (χ1) is 18.1. The quantitative estimate of drug-likeness (QED) is 0.337. The van der Waals surface area contributed by atoms with Gasteiger partial charge in [-0.25, -0.2) is 4.98 Å². The van der Waals surface area contributed by atoms with Crippen LogP contribution in [0.2, 0.25) is 0 Å². The summed E-state index contributed by atoms with van der Waals surface area (Å²) >= 11 is 3.04. The van der Waals surface area contributed by atoms with Gasteiger partial charge in [-0.3, -0.25) is 14.3 Å². The number of aryl methyl sites for hydroxylation is 1. The maximum atomic E-state index is 13.1. The number of piperidine rings is 1. The minimum atomic E-state index is -0.497. The number of benzene rings is 1. The molecular weight excluding hydrogens is 508 g/mol. The van der Waals surface area contributed by atoms with E-state index in [1.165, 1.54) is 16.9 Å². The monoisotopic (exact) mass is 534 g/mol. The number of thiazole rings is 1. The van der Waals surface area contributed by atoms with Gasteiger partial charge in [0, 0.05) is 55.0 Å². The molecule has 2 aliphatic heterocycles. The van der Waals surface area contributed by atoms with Crippen LogP contribution in [0.5, 0.6) is 0 Å². The Morgan fingerprint density at radius 3 is 2.51 bits per heavy atom. The molecule has 0 N–H and O–H groups in total. The molecule has 0 bridgehead atoms. The van der Waals surface area contributed by atoms with Gasteiger partial charge in [0.25, 0.3) is 5.91 Å². The molecule has 11 heteroatoms. The summed E-state index contributed by atoms with van der Waals surface area (Å²) in [5, 5.41) is 12.5. The zero-order chi connectivity index (χ0) is 25.2. The first-order valence-electron chi connectivity index (χ1n) is 12.2. The summed E-state index contributed by atoms with van der Waals surface area (Å²) in [6, 6.07) is 12.1. The van der Waals surface area contributed by atoms with Crippen LogP contribution in [0.15, 0.2) is 59.3 Å². The first-order valence-corrected chi connectivity index (χ1v) is 14.0. The number of ether oxygens (including phenoxy) is 2. The van der Waals surface area contributed by atoms with Crippen LogP contribution in [0.3, 0.4) is 0 Å². The molecule has 0 aliphatic carbocycles. The highest BCUT2D eigenvalue weighted by atomic mass is 32.2. The SMILES string of the molecule is Cc1ccc(-n2c(SCc3nc(C(=O)N4CCC5(CC4)OCCO5)cs3)nnc2-c2ccncc2)cc1. The van der Waals surface area contributed by atoms with Gasteiger partial charge >= 0.3 is 0 Å². The lowest BCUT2D eigenvalue weighted by Gasteiger charge is -2.37. The van der Waals surface area contributed by atoms with Crippen molar-refractivity contribution in [3.8, 4) is 17.1 Å². The molecule has 5 heterocycles. The summed E-state index contributed by atoms with van der Waals surface area (Å²) in [6.45, 7) is 4.54. The van der Waals surface area contributed by atoms with Gasteiger partial charge in [-0.05, 0) is 31.2 Å². The van der Waals surface area contributed by atoms with Crippen molar-refractivity contribution in [1.29, 1.82) is 0 Å². The van der Waals surface area contributed by atoms with Crippen molar-refractivity contribution < 1.29 is 14.3 Å². The molecule has 4 aromatic rings. The molecule has 2 aliphatic rings. The molecule has 1 aromatic carbocycles. The van der Waals surface area contributed by atoms with Gasteiger partial charge in [-0.15, -0.1) is 21.5 Å². The second-order valence-electron chi connectivity index (χ2n) is 9.03. The summed E-state index contributed by atoms with van der Waals surface area (Å²) in [5.74, 6) is 0.802. The summed E-state index contributed by atoms with van der Waals surface area (Å²) in [7, 11) is 0. The summed E-state index contributed by atoms with van der Waals surface area (Å²) in [5.41, 5.74) is 3.60. The van der Waals surface area contributed by atoms with Crippen LogP contribution in [-0.2, 0) is 15.2 Å². The first kappa shape index (κ1) is 24.2. The number of likely N-dealkylation sites (tertiary alicyclic amines) is 1. The van der Waals surface area contributed by atoms with Crippen LogP contribution >= 0.6 is 23.1 Å². The Bertz CT molecular complexity index is 1370. The Labute approximate surface area is 222 Å². The number of rotatable bonds is 6. The highest BCUT2D eigenvalue weighted by Crippen LogP contribution is 2.33. The van der Waals surface area contributed by atoms with Gasteiger partial charge in [0.05, 0.1) is 19.0 Å². The molecule has 0 saturated carbocycles. The molecule has 2 fully saturated rings. The maximum absolute atomic E-state index is 13.1. The molecule has 6 rings (SSSR count). The zero-order valence-corrected chi connectivity index (χ0v) is 22.0. The fourth-order valence-corrected chi connectivity index (χ4v) is 6.32. The Hall–Kier alpha value is -3.12. The lowest BCUT2D eigenvalue weighted by atomic mass is 10.0. The molecule has 190 valence electrons. The van der Waals surface area contributed by atoms with Crippen molar-refractivity contribution >= 4 is 29.0 Å². The third kappa shape index (κ3) is 5.04. The fraction of sp³-hybridized carbons (Fsp3) is 0.346. The van der Waals surface area contributed by atoms with E-state index in [-0.39, 0.29) is 5.91 Å². The number of carbonyl (C=O) groups is 1. The van der Waals surface area contributed by atoms with Crippen LogP contribution < -0.4 is 0 Å². The van der Waals surface area contributed by atoms with Crippen molar-refractivity contribution in [2.45, 2.75) is 36.5 Å². The number of amides is 1. The third-order valence-electron chi connectivity index (χ3n) is 6.59. The summed E-state index contributed by atoms with van der Waals surface area (Å²) < 4.78 is 13.6. The number of hydrogen-bond acceptors (Lipinski definition) is 9. The molecule has 2 saturated heterocycles. The number of pyridine rings is 1. The van der Waals surface area contributed by atoms with E-state index in [1.807, 2.05) is 22.4 Å². The van der Waals surface area contributed by atoms with E-state index in [2.05, 4.69) is 55.9 Å². The molecule has 0 unspecified atom stereocenters. The molecule has 0 radical (unpaired) electrons. The van der Waals surface area contributed by atoms with Gasteiger partial charge in [0.15, 0.2) is 16.8 Å². The van der Waals surface area contributed by atoms with Crippen LogP contribution in [0.4, 0.5) is 0 Å². The molecular formula is C26H26N6O3S2. The molecule has 9 nitrogen and oxygen atoms in total. The van der Waals surface area contributed by atoms with Gasteiger partial charge in [-0.1, -0.05) is 29.5 Å². The molecule has 3 aromatic heterocycles. The maximum Gasteiger partial charge on any atom is 0.273 e.